The standard InChI is InChI=1S/C12H16OS/c1-9-6-5-7-11(8-9)14-12(3,4)10(2)13/h5-8H,1-4H3. The first kappa shape index (κ1) is 11.3. The average molecular weight is 208 g/mol. The van der Waals surface area contributed by atoms with Gasteiger partial charge in [-0.15, -0.1) is 11.8 Å². The summed E-state index contributed by atoms with van der Waals surface area (Å²) in [5, 5.41) is 0. The maximum absolute atomic E-state index is 11.3. The van der Waals surface area contributed by atoms with Crippen molar-refractivity contribution in [1.29, 1.82) is 0 Å². The fraction of sp³-hybridized carbons (Fsp3) is 0.417. The summed E-state index contributed by atoms with van der Waals surface area (Å²) in [6.45, 7) is 7.62. The molecule has 1 nitrogen and oxygen atoms in total. The van der Waals surface area contributed by atoms with Crippen molar-refractivity contribution in [3.8, 4) is 0 Å². The van der Waals surface area contributed by atoms with Crippen LogP contribution in [0.4, 0.5) is 0 Å². The van der Waals surface area contributed by atoms with E-state index in [1.54, 1.807) is 18.7 Å². The summed E-state index contributed by atoms with van der Waals surface area (Å²) < 4.78 is -0.326. The Kier molecular flexibility index (Phi) is 3.38. The second kappa shape index (κ2) is 4.18. The summed E-state index contributed by atoms with van der Waals surface area (Å²) in [5.74, 6) is 0.212. The monoisotopic (exact) mass is 208 g/mol. The van der Waals surface area contributed by atoms with Gasteiger partial charge in [0.05, 0.1) is 4.75 Å². The Labute approximate surface area is 89.9 Å². The van der Waals surface area contributed by atoms with Gasteiger partial charge in [-0.1, -0.05) is 17.7 Å². The molecule has 76 valence electrons. The van der Waals surface area contributed by atoms with Crippen molar-refractivity contribution < 1.29 is 4.79 Å². The highest BCUT2D eigenvalue weighted by Gasteiger charge is 2.24. The molecule has 1 rings (SSSR count). The first-order chi connectivity index (χ1) is 6.42. The third kappa shape index (κ3) is 2.88. The number of hydrogen-bond donors (Lipinski definition) is 0. The van der Waals surface area contributed by atoms with E-state index >= 15 is 0 Å². The largest absolute Gasteiger partial charge is 0.298 e. The topological polar surface area (TPSA) is 17.1 Å². The van der Waals surface area contributed by atoms with Crippen molar-refractivity contribution >= 4 is 17.5 Å². The molecule has 0 aliphatic heterocycles. The van der Waals surface area contributed by atoms with Crippen LogP contribution in [-0.4, -0.2) is 10.5 Å². The zero-order valence-corrected chi connectivity index (χ0v) is 9.94. The van der Waals surface area contributed by atoms with Crippen LogP contribution in [0.2, 0.25) is 0 Å². The minimum atomic E-state index is -0.326. The molecule has 0 N–H and O–H groups in total. The summed E-state index contributed by atoms with van der Waals surface area (Å²) in [5.41, 5.74) is 1.23. The fourth-order valence-electron chi connectivity index (χ4n) is 1.05. The Morgan fingerprint density at radius 2 is 2.00 bits per heavy atom. The van der Waals surface area contributed by atoms with Gasteiger partial charge < -0.3 is 0 Å². The smallest absolute Gasteiger partial charge is 0.145 e. The number of ketones is 1. The van der Waals surface area contributed by atoms with Crippen molar-refractivity contribution in [2.45, 2.75) is 37.3 Å². The molecular formula is C12H16OS. The predicted octanol–water partition coefficient (Wildman–Crippen LogP) is 3.45. The van der Waals surface area contributed by atoms with E-state index in [0.717, 1.165) is 4.90 Å². The fourth-order valence-corrected chi connectivity index (χ4v) is 2.17. The van der Waals surface area contributed by atoms with Crippen LogP contribution >= 0.6 is 11.8 Å². The lowest BCUT2D eigenvalue weighted by Gasteiger charge is -2.20. The molecule has 0 aliphatic carbocycles. The van der Waals surface area contributed by atoms with Crippen LogP contribution in [0.3, 0.4) is 0 Å². The highest BCUT2D eigenvalue weighted by atomic mass is 32.2. The van der Waals surface area contributed by atoms with Gasteiger partial charge in [-0.3, -0.25) is 4.79 Å². The molecule has 0 unspecified atom stereocenters. The molecule has 0 aromatic heterocycles. The molecule has 1 aromatic rings. The first-order valence-electron chi connectivity index (χ1n) is 4.68. The lowest BCUT2D eigenvalue weighted by molar-refractivity contribution is -0.118. The SMILES string of the molecule is CC(=O)C(C)(C)Sc1cccc(C)c1. The second-order valence-electron chi connectivity index (χ2n) is 3.99. The van der Waals surface area contributed by atoms with E-state index < -0.39 is 0 Å². The summed E-state index contributed by atoms with van der Waals surface area (Å²) in [4.78, 5) is 12.5. The highest BCUT2D eigenvalue weighted by Crippen LogP contribution is 2.33. The van der Waals surface area contributed by atoms with Gasteiger partial charge in [0, 0.05) is 4.90 Å². The van der Waals surface area contributed by atoms with Crippen LogP contribution in [0.25, 0.3) is 0 Å². The van der Waals surface area contributed by atoms with Gasteiger partial charge in [0.1, 0.15) is 5.78 Å². The number of carbonyl (C=O) groups excluding carboxylic acids is 1. The molecule has 1 aromatic carbocycles. The number of thioether (sulfide) groups is 1. The Morgan fingerprint density at radius 3 is 2.50 bits per heavy atom. The minimum absolute atomic E-state index is 0.212. The van der Waals surface area contributed by atoms with Crippen LogP contribution in [-0.2, 0) is 4.79 Å². The molecule has 0 heterocycles. The lowest BCUT2D eigenvalue weighted by Crippen LogP contribution is -2.24. The van der Waals surface area contributed by atoms with Crippen molar-refractivity contribution in [2.75, 3.05) is 0 Å². The number of hydrogen-bond acceptors (Lipinski definition) is 2. The molecule has 0 atom stereocenters. The van der Waals surface area contributed by atoms with Crippen LogP contribution in [0, 0.1) is 6.92 Å². The molecular weight excluding hydrogens is 192 g/mol. The zero-order valence-electron chi connectivity index (χ0n) is 9.13. The number of rotatable bonds is 3. The van der Waals surface area contributed by atoms with Crippen LogP contribution in [0.1, 0.15) is 26.3 Å². The second-order valence-corrected chi connectivity index (χ2v) is 5.68. The lowest BCUT2D eigenvalue weighted by atomic mass is 10.1. The Morgan fingerprint density at radius 1 is 1.36 bits per heavy atom. The summed E-state index contributed by atoms with van der Waals surface area (Å²) >= 11 is 1.62. The van der Waals surface area contributed by atoms with Crippen LogP contribution < -0.4 is 0 Å². The van der Waals surface area contributed by atoms with E-state index in [1.807, 2.05) is 26.0 Å². The maximum atomic E-state index is 11.3. The van der Waals surface area contributed by atoms with E-state index in [2.05, 4.69) is 19.1 Å². The van der Waals surface area contributed by atoms with Crippen molar-refractivity contribution in [1.82, 2.24) is 0 Å². The highest BCUT2D eigenvalue weighted by molar-refractivity contribution is 8.01. The first-order valence-corrected chi connectivity index (χ1v) is 5.50. The molecule has 0 aliphatic rings. The maximum Gasteiger partial charge on any atom is 0.145 e. The van der Waals surface area contributed by atoms with Crippen LogP contribution in [0.15, 0.2) is 29.2 Å². The van der Waals surface area contributed by atoms with Gasteiger partial charge >= 0.3 is 0 Å². The number of Topliss-reactive ketones (excluding diaryl/α,β-unsaturated/α-hetero) is 1. The molecule has 2 heteroatoms. The molecule has 0 fully saturated rings. The van der Waals surface area contributed by atoms with Gasteiger partial charge in [0.2, 0.25) is 0 Å². The number of benzene rings is 1. The van der Waals surface area contributed by atoms with Crippen LogP contribution in [0.5, 0.6) is 0 Å². The molecule has 0 saturated carbocycles. The molecule has 0 bridgehead atoms. The van der Waals surface area contributed by atoms with Gasteiger partial charge in [-0.2, -0.15) is 0 Å². The molecule has 0 amide bonds. The normalized spacial score (nSPS) is 11.4. The van der Waals surface area contributed by atoms with Gasteiger partial charge in [0.15, 0.2) is 0 Å². The average Bonchev–Trinajstić information content (AvgIpc) is 2.02. The van der Waals surface area contributed by atoms with Gasteiger partial charge in [-0.25, -0.2) is 0 Å². The van der Waals surface area contributed by atoms with Crippen molar-refractivity contribution in [3.63, 3.8) is 0 Å². The van der Waals surface area contributed by atoms with Crippen molar-refractivity contribution in [2.24, 2.45) is 0 Å². The van der Waals surface area contributed by atoms with Gasteiger partial charge in [0.25, 0.3) is 0 Å². The molecule has 0 radical (unpaired) electrons. The zero-order chi connectivity index (χ0) is 10.8. The predicted molar refractivity (Wildman–Crippen MR) is 61.8 cm³/mol. The minimum Gasteiger partial charge on any atom is -0.298 e. The van der Waals surface area contributed by atoms with Crippen molar-refractivity contribution in [3.05, 3.63) is 29.8 Å². The van der Waals surface area contributed by atoms with Gasteiger partial charge in [-0.05, 0) is 39.8 Å². The van der Waals surface area contributed by atoms with E-state index in [1.165, 1.54) is 5.56 Å². The van der Waals surface area contributed by atoms with E-state index in [4.69, 9.17) is 0 Å². The third-order valence-electron chi connectivity index (χ3n) is 2.21. The quantitative estimate of drug-likeness (QED) is 0.708. The van der Waals surface area contributed by atoms with E-state index in [-0.39, 0.29) is 10.5 Å². The Bertz CT molecular complexity index is 342. The van der Waals surface area contributed by atoms with E-state index in [0.29, 0.717) is 0 Å². The molecule has 14 heavy (non-hydrogen) atoms. The summed E-state index contributed by atoms with van der Waals surface area (Å²) in [6.07, 6.45) is 0. The third-order valence-corrected chi connectivity index (χ3v) is 3.50. The Hall–Kier alpha value is -0.760. The number of aryl methyl sites for hydroxylation is 1. The molecule has 0 spiro atoms. The summed E-state index contributed by atoms with van der Waals surface area (Å²) in [7, 11) is 0. The Balaban J connectivity index is 2.83. The number of carbonyl (C=O) groups is 1. The molecule has 0 saturated heterocycles. The van der Waals surface area contributed by atoms with E-state index in [9.17, 15) is 4.79 Å². The summed E-state index contributed by atoms with van der Waals surface area (Å²) in [6, 6.07) is 8.23.